The molecule has 2 amide bonds. The largest absolute Gasteiger partial charge is 0.336 e. The van der Waals surface area contributed by atoms with Gasteiger partial charge in [-0.3, -0.25) is 14.5 Å². The molecule has 4 rings (SSSR count). The molecule has 0 atom stereocenters. The van der Waals surface area contributed by atoms with Crippen molar-refractivity contribution in [1.29, 1.82) is 0 Å². The van der Waals surface area contributed by atoms with E-state index in [1.807, 2.05) is 30.0 Å². The van der Waals surface area contributed by atoms with Gasteiger partial charge in [-0.1, -0.05) is 24.3 Å². The lowest BCUT2D eigenvalue weighted by Gasteiger charge is -2.35. The van der Waals surface area contributed by atoms with Crippen LogP contribution < -0.4 is 4.90 Å². The Hall–Kier alpha value is -2.71. The molecule has 8 heteroatoms. The first-order valence-corrected chi connectivity index (χ1v) is 12.3. The van der Waals surface area contributed by atoms with E-state index in [2.05, 4.69) is 11.0 Å². The van der Waals surface area contributed by atoms with Gasteiger partial charge in [-0.15, -0.1) is 0 Å². The van der Waals surface area contributed by atoms with Gasteiger partial charge in [0.15, 0.2) is 9.84 Å². The molecule has 2 aliphatic heterocycles. The lowest BCUT2D eigenvalue weighted by Crippen LogP contribution is -2.51. The minimum Gasteiger partial charge on any atom is -0.336 e. The number of anilines is 1. The van der Waals surface area contributed by atoms with Crippen LogP contribution in [0.2, 0.25) is 0 Å². The fourth-order valence-electron chi connectivity index (χ4n) is 4.22. The van der Waals surface area contributed by atoms with Crippen molar-refractivity contribution in [2.24, 2.45) is 0 Å². The molecule has 0 aromatic heterocycles. The van der Waals surface area contributed by atoms with Gasteiger partial charge in [-0.25, -0.2) is 8.42 Å². The van der Waals surface area contributed by atoms with Gasteiger partial charge in [-0.2, -0.15) is 0 Å². The van der Waals surface area contributed by atoms with Crippen molar-refractivity contribution in [1.82, 2.24) is 9.80 Å². The van der Waals surface area contributed by atoms with E-state index in [0.717, 1.165) is 23.9 Å². The number of aryl methyl sites for hydroxylation is 1. The molecule has 0 radical (unpaired) electrons. The Labute approximate surface area is 183 Å². The summed E-state index contributed by atoms with van der Waals surface area (Å²) in [7, 11) is -3.38. The van der Waals surface area contributed by atoms with E-state index in [4.69, 9.17) is 0 Å². The number of piperazine rings is 1. The Morgan fingerprint density at radius 2 is 1.68 bits per heavy atom. The topological polar surface area (TPSA) is 78.0 Å². The molecule has 0 aliphatic carbocycles. The summed E-state index contributed by atoms with van der Waals surface area (Å²) in [5.41, 5.74) is 3.38. The van der Waals surface area contributed by atoms with Gasteiger partial charge < -0.3 is 9.80 Å². The summed E-state index contributed by atoms with van der Waals surface area (Å²) in [4.78, 5) is 31.7. The van der Waals surface area contributed by atoms with E-state index in [9.17, 15) is 18.0 Å². The summed E-state index contributed by atoms with van der Waals surface area (Å²) >= 11 is 0. The number of benzene rings is 2. The highest BCUT2D eigenvalue weighted by Gasteiger charge is 2.28. The number of carbonyl (C=O) groups excluding carboxylic acids is 2. The Kier molecular flexibility index (Phi) is 5.85. The minimum absolute atomic E-state index is 0.0847. The maximum atomic E-state index is 13.0. The molecular formula is C23H27N3O4S. The number of hydrogen-bond acceptors (Lipinski definition) is 5. The Morgan fingerprint density at radius 1 is 0.968 bits per heavy atom. The lowest BCUT2D eigenvalue weighted by atomic mass is 10.1. The van der Waals surface area contributed by atoms with Crippen LogP contribution in [0.1, 0.15) is 21.5 Å². The van der Waals surface area contributed by atoms with Crippen molar-refractivity contribution in [2.45, 2.75) is 18.2 Å². The van der Waals surface area contributed by atoms with Crippen LogP contribution in [0.4, 0.5) is 5.69 Å². The Morgan fingerprint density at radius 3 is 2.39 bits per heavy atom. The average Bonchev–Trinajstić information content (AvgIpc) is 3.18. The van der Waals surface area contributed by atoms with Crippen LogP contribution in [-0.2, 0) is 21.1 Å². The Balaban J connectivity index is 1.37. The molecule has 0 spiro atoms. The van der Waals surface area contributed by atoms with Crippen LogP contribution in [0.15, 0.2) is 47.4 Å². The first kappa shape index (κ1) is 21.5. The van der Waals surface area contributed by atoms with Crippen molar-refractivity contribution >= 4 is 27.3 Å². The quantitative estimate of drug-likeness (QED) is 0.722. The second-order valence-corrected chi connectivity index (χ2v) is 10.3. The Bertz CT molecular complexity index is 1120. The monoisotopic (exact) mass is 441 g/mol. The molecule has 164 valence electrons. The summed E-state index contributed by atoms with van der Waals surface area (Å²) in [6, 6.07) is 12.7. The smallest absolute Gasteiger partial charge is 0.254 e. The standard InChI is InChI=1S/C23H27N3O4S/c1-17-7-8-19(31(2,29)30)15-20(17)23(28)25-13-11-24(12-14-25)16-22(27)26-10-9-18-5-3-4-6-21(18)26/h3-8,15H,9-14,16H2,1-2H3. The predicted molar refractivity (Wildman–Crippen MR) is 119 cm³/mol. The molecule has 31 heavy (non-hydrogen) atoms. The number of nitrogens with zero attached hydrogens (tertiary/aromatic N) is 3. The van der Waals surface area contributed by atoms with Crippen molar-refractivity contribution in [3.05, 3.63) is 59.2 Å². The number of hydrogen-bond donors (Lipinski definition) is 0. The number of carbonyl (C=O) groups is 2. The van der Waals surface area contributed by atoms with Gasteiger partial charge >= 0.3 is 0 Å². The molecule has 2 heterocycles. The van der Waals surface area contributed by atoms with Crippen LogP contribution >= 0.6 is 0 Å². The normalized spacial score (nSPS) is 17.0. The molecule has 0 saturated carbocycles. The minimum atomic E-state index is -3.38. The highest BCUT2D eigenvalue weighted by molar-refractivity contribution is 7.90. The van der Waals surface area contributed by atoms with E-state index in [-0.39, 0.29) is 16.7 Å². The molecule has 2 aliphatic rings. The van der Waals surface area contributed by atoms with E-state index in [1.54, 1.807) is 11.0 Å². The molecule has 0 bridgehead atoms. The fraction of sp³-hybridized carbons (Fsp3) is 0.391. The predicted octanol–water partition coefficient (Wildman–Crippen LogP) is 1.75. The summed E-state index contributed by atoms with van der Waals surface area (Å²) < 4.78 is 23.7. The van der Waals surface area contributed by atoms with Crippen molar-refractivity contribution < 1.29 is 18.0 Å². The third-order valence-corrected chi connectivity index (χ3v) is 7.18. The molecule has 2 aromatic rings. The van der Waals surface area contributed by atoms with Crippen molar-refractivity contribution in [3.8, 4) is 0 Å². The SMILES string of the molecule is Cc1ccc(S(C)(=O)=O)cc1C(=O)N1CCN(CC(=O)N2CCc3ccccc32)CC1. The number of fused-ring (bicyclic) bond motifs is 1. The van der Waals surface area contributed by atoms with E-state index < -0.39 is 9.84 Å². The third kappa shape index (κ3) is 4.50. The number of rotatable bonds is 4. The summed E-state index contributed by atoms with van der Waals surface area (Å²) in [5, 5.41) is 0. The van der Waals surface area contributed by atoms with Gasteiger partial charge in [0.25, 0.3) is 5.91 Å². The van der Waals surface area contributed by atoms with Crippen LogP contribution in [-0.4, -0.2) is 75.6 Å². The van der Waals surface area contributed by atoms with Crippen LogP contribution in [0.5, 0.6) is 0 Å². The number of sulfone groups is 1. The van der Waals surface area contributed by atoms with Gasteiger partial charge in [0.2, 0.25) is 5.91 Å². The van der Waals surface area contributed by atoms with Crippen molar-refractivity contribution in [2.75, 3.05) is 50.4 Å². The zero-order valence-electron chi connectivity index (χ0n) is 17.9. The number of para-hydroxylation sites is 1. The zero-order valence-corrected chi connectivity index (χ0v) is 18.7. The molecule has 1 fully saturated rings. The second-order valence-electron chi connectivity index (χ2n) is 8.24. The molecular weight excluding hydrogens is 414 g/mol. The highest BCUT2D eigenvalue weighted by Crippen LogP contribution is 2.27. The van der Waals surface area contributed by atoms with Crippen LogP contribution in [0.3, 0.4) is 0 Å². The maximum absolute atomic E-state index is 13.0. The highest BCUT2D eigenvalue weighted by atomic mass is 32.2. The number of amides is 2. The van der Waals surface area contributed by atoms with E-state index >= 15 is 0 Å². The molecule has 0 unspecified atom stereocenters. The zero-order chi connectivity index (χ0) is 22.2. The average molecular weight is 442 g/mol. The molecule has 1 saturated heterocycles. The van der Waals surface area contributed by atoms with Crippen molar-refractivity contribution in [3.63, 3.8) is 0 Å². The maximum Gasteiger partial charge on any atom is 0.254 e. The van der Waals surface area contributed by atoms with Gasteiger partial charge in [0, 0.05) is 50.2 Å². The van der Waals surface area contributed by atoms with Gasteiger partial charge in [0.1, 0.15) is 0 Å². The third-order valence-electron chi connectivity index (χ3n) is 6.07. The summed E-state index contributed by atoms with van der Waals surface area (Å²) in [5.74, 6) is -0.0797. The van der Waals surface area contributed by atoms with Crippen LogP contribution in [0, 0.1) is 6.92 Å². The van der Waals surface area contributed by atoms with E-state index in [1.165, 1.54) is 17.7 Å². The van der Waals surface area contributed by atoms with Gasteiger partial charge in [-0.05, 0) is 42.7 Å². The van der Waals surface area contributed by atoms with Crippen LogP contribution in [0.25, 0.3) is 0 Å². The van der Waals surface area contributed by atoms with Gasteiger partial charge in [0.05, 0.1) is 11.4 Å². The first-order chi connectivity index (χ1) is 14.7. The lowest BCUT2D eigenvalue weighted by molar-refractivity contribution is -0.120. The molecule has 0 N–H and O–H groups in total. The van der Waals surface area contributed by atoms with E-state index in [0.29, 0.717) is 44.8 Å². The molecule has 7 nitrogen and oxygen atoms in total. The molecule has 2 aromatic carbocycles. The summed E-state index contributed by atoms with van der Waals surface area (Å²) in [6.45, 7) is 5.08. The second kappa shape index (κ2) is 8.43. The first-order valence-electron chi connectivity index (χ1n) is 10.4. The fourth-order valence-corrected chi connectivity index (χ4v) is 4.86. The summed E-state index contributed by atoms with van der Waals surface area (Å²) in [6.07, 6.45) is 2.02.